The lowest BCUT2D eigenvalue weighted by Gasteiger charge is -2.28. The molecule has 1 unspecified atom stereocenters. The number of ether oxygens (including phenoxy) is 1. The molecule has 1 saturated heterocycles. The maximum atomic E-state index is 13.1. The minimum atomic E-state index is -0.704. The molecule has 0 saturated carbocycles. The largest absolute Gasteiger partial charge is 0.507 e. The van der Waals surface area contributed by atoms with E-state index in [2.05, 4.69) is 34.7 Å². The van der Waals surface area contributed by atoms with Gasteiger partial charge < -0.3 is 19.6 Å². The van der Waals surface area contributed by atoms with E-state index >= 15 is 0 Å². The first-order valence-corrected chi connectivity index (χ1v) is 12.2. The Balaban J connectivity index is 2.09. The van der Waals surface area contributed by atoms with Crippen molar-refractivity contribution in [2.24, 2.45) is 0 Å². The first-order chi connectivity index (χ1) is 15.8. The molecule has 1 atom stereocenters. The number of halogens is 2. The van der Waals surface area contributed by atoms with Gasteiger partial charge in [-0.2, -0.15) is 0 Å². The Kier molecular flexibility index (Phi) is 8.57. The summed E-state index contributed by atoms with van der Waals surface area (Å²) in [5.41, 5.74) is 1.16. The van der Waals surface area contributed by atoms with E-state index in [1.165, 1.54) is 0 Å². The number of carbonyl (C=O) groups is 2. The number of hydrogen-bond donors (Lipinski definition) is 1. The number of aliphatic hydroxyl groups is 1. The number of carbonyl (C=O) groups excluding carboxylic acids is 2. The second-order valence-electron chi connectivity index (χ2n) is 7.65. The minimum absolute atomic E-state index is 0.0575. The molecule has 1 fully saturated rings. The maximum Gasteiger partial charge on any atom is 0.295 e. The zero-order valence-electron chi connectivity index (χ0n) is 19.0. The number of benzene rings is 2. The number of amides is 1. The quantitative estimate of drug-likeness (QED) is 0.269. The van der Waals surface area contributed by atoms with Gasteiger partial charge in [-0.05, 0) is 55.9 Å². The van der Waals surface area contributed by atoms with Crippen molar-refractivity contribution in [3.8, 4) is 5.75 Å². The van der Waals surface area contributed by atoms with Gasteiger partial charge >= 0.3 is 0 Å². The zero-order valence-corrected chi connectivity index (χ0v) is 21.3. The van der Waals surface area contributed by atoms with Crippen molar-refractivity contribution in [2.45, 2.75) is 26.8 Å². The van der Waals surface area contributed by atoms with Crippen molar-refractivity contribution in [3.63, 3.8) is 0 Å². The van der Waals surface area contributed by atoms with Gasteiger partial charge in [0.05, 0.1) is 23.2 Å². The molecule has 1 aliphatic heterocycles. The molecule has 0 radical (unpaired) electrons. The van der Waals surface area contributed by atoms with E-state index in [4.69, 9.17) is 16.3 Å². The molecule has 1 aliphatic rings. The van der Waals surface area contributed by atoms with E-state index in [9.17, 15) is 14.7 Å². The fourth-order valence-corrected chi connectivity index (χ4v) is 4.47. The summed E-state index contributed by atoms with van der Waals surface area (Å²) in [6.45, 7) is 9.09. The van der Waals surface area contributed by atoms with Crippen LogP contribution in [0.3, 0.4) is 0 Å². The third kappa shape index (κ3) is 5.42. The van der Waals surface area contributed by atoms with Gasteiger partial charge in [0, 0.05) is 23.1 Å². The van der Waals surface area contributed by atoms with Crippen LogP contribution in [0.25, 0.3) is 5.76 Å². The smallest absolute Gasteiger partial charge is 0.295 e. The summed E-state index contributed by atoms with van der Waals surface area (Å²) < 4.78 is 6.34. The molecule has 1 heterocycles. The highest BCUT2D eigenvalue weighted by Crippen LogP contribution is 2.40. The number of ketones is 1. The molecule has 8 heteroatoms. The van der Waals surface area contributed by atoms with Crippen molar-refractivity contribution < 1.29 is 19.4 Å². The van der Waals surface area contributed by atoms with Gasteiger partial charge in [-0.1, -0.05) is 53.5 Å². The van der Waals surface area contributed by atoms with Crippen molar-refractivity contribution in [2.75, 3.05) is 32.8 Å². The lowest BCUT2D eigenvalue weighted by Crippen LogP contribution is -2.38. The molecule has 176 valence electrons. The summed E-state index contributed by atoms with van der Waals surface area (Å²) in [4.78, 5) is 29.9. The van der Waals surface area contributed by atoms with Crippen LogP contribution in [-0.2, 0) is 9.59 Å². The number of aliphatic hydroxyl groups excluding tert-OH is 1. The van der Waals surface area contributed by atoms with Gasteiger partial charge in [0.2, 0.25) is 0 Å². The number of likely N-dealkylation sites (tertiary alicyclic amines) is 1. The number of nitrogens with zero attached hydrogens (tertiary/aromatic N) is 2. The van der Waals surface area contributed by atoms with Crippen LogP contribution in [0.15, 0.2) is 52.5 Å². The average molecular weight is 536 g/mol. The third-order valence-corrected chi connectivity index (χ3v) is 6.61. The molecule has 33 heavy (non-hydrogen) atoms. The lowest BCUT2D eigenvalue weighted by molar-refractivity contribution is -0.140. The van der Waals surface area contributed by atoms with Gasteiger partial charge in [-0.3, -0.25) is 9.59 Å². The first-order valence-electron chi connectivity index (χ1n) is 11.0. The van der Waals surface area contributed by atoms with Crippen molar-refractivity contribution >= 4 is 45.0 Å². The lowest BCUT2D eigenvalue weighted by atomic mass is 9.95. The number of hydrogen-bond acceptors (Lipinski definition) is 5. The molecule has 0 bridgehead atoms. The maximum absolute atomic E-state index is 13.1. The van der Waals surface area contributed by atoms with E-state index in [1.807, 2.05) is 31.2 Å². The highest BCUT2D eigenvalue weighted by Gasteiger charge is 2.46. The van der Waals surface area contributed by atoms with Crippen molar-refractivity contribution in [3.05, 3.63) is 68.7 Å². The predicted molar refractivity (Wildman–Crippen MR) is 134 cm³/mol. The molecular formula is C25H28BrClN2O4. The molecule has 0 spiro atoms. The van der Waals surface area contributed by atoms with Crippen LogP contribution in [0.2, 0.25) is 5.02 Å². The predicted octanol–water partition coefficient (Wildman–Crippen LogP) is 5.26. The van der Waals surface area contributed by atoms with Gasteiger partial charge in [0.1, 0.15) is 11.5 Å². The molecule has 0 aromatic heterocycles. The molecular weight excluding hydrogens is 508 g/mol. The normalized spacial score (nSPS) is 17.8. The van der Waals surface area contributed by atoms with Crippen LogP contribution in [0.4, 0.5) is 0 Å². The van der Waals surface area contributed by atoms with Crippen molar-refractivity contribution in [1.29, 1.82) is 0 Å². The number of Topliss-reactive ketones (excluding diaryl/α,β-unsaturated/α-hetero) is 1. The summed E-state index contributed by atoms with van der Waals surface area (Å²) in [5.74, 6) is -1.09. The molecule has 0 aliphatic carbocycles. The van der Waals surface area contributed by atoms with Gasteiger partial charge in [-0.25, -0.2) is 0 Å². The molecule has 2 aromatic rings. The van der Waals surface area contributed by atoms with Crippen LogP contribution >= 0.6 is 27.5 Å². The summed E-state index contributed by atoms with van der Waals surface area (Å²) >= 11 is 9.74. The van der Waals surface area contributed by atoms with Crippen LogP contribution in [0, 0.1) is 0 Å². The summed E-state index contributed by atoms with van der Waals surface area (Å²) in [7, 11) is 0. The SMILES string of the molecule is CCOc1ccc(/C(O)=C2\C(=O)C(=O)N(CCN(CC)CC)C2c2ccc(Br)cc2)cc1Cl. The van der Waals surface area contributed by atoms with Gasteiger partial charge in [0.15, 0.2) is 0 Å². The summed E-state index contributed by atoms with van der Waals surface area (Å²) in [6.07, 6.45) is 0. The van der Waals surface area contributed by atoms with Gasteiger partial charge in [-0.15, -0.1) is 0 Å². The Morgan fingerprint density at radius 2 is 1.79 bits per heavy atom. The average Bonchev–Trinajstić information content (AvgIpc) is 3.06. The van der Waals surface area contributed by atoms with Crippen LogP contribution in [-0.4, -0.2) is 59.4 Å². The van der Waals surface area contributed by atoms with Crippen LogP contribution in [0.1, 0.15) is 37.9 Å². The number of rotatable bonds is 9. The highest BCUT2D eigenvalue weighted by molar-refractivity contribution is 9.10. The molecule has 2 aromatic carbocycles. The van der Waals surface area contributed by atoms with E-state index in [0.717, 1.165) is 23.1 Å². The minimum Gasteiger partial charge on any atom is -0.507 e. The Morgan fingerprint density at radius 3 is 2.36 bits per heavy atom. The fraction of sp³-hybridized carbons (Fsp3) is 0.360. The third-order valence-electron chi connectivity index (χ3n) is 5.78. The second kappa shape index (κ2) is 11.2. The van der Waals surface area contributed by atoms with Gasteiger partial charge in [0.25, 0.3) is 11.7 Å². The Morgan fingerprint density at radius 1 is 1.12 bits per heavy atom. The molecule has 1 amide bonds. The van der Waals surface area contributed by atoms with E-state index in [0.29, 0.717) is 36.0 Å². The van der Waals surface area contributed by atoms with E-state index in [1.54, 1.807) is 23.1 Å². The van der Waals surface area contributed by atoms with E-state index in [-0.39, 0.29) is 11.3 Å². The summed E-state index contributed by atoms with van der Waals surface area (Å²) in [5, 5.41) is 11.5. The second-order valence-corrected chi connectivity index (χ2v) is 8.97. The standard InChI is InChI=1S/C25H28BrClN2O4/c1-4-28(5-2)13-14-29-22(16-7-10-18(26)11-8-16)21(24(31)25(29)32)23(30)17-9-12-20(33-6-3)19(27)15-17/h7-12,15,22,30H,4-6,13-14H2,1-3H3/b23-21+. The Hall–Kier alpha value is -2.35. The monoisotopic (exact) mass is 534 g/mol. The fourth-order valence-electron chi connectivity index (χ4n) is 3.97. The zero-order chi connectivity index (χ0) is 24.1. The Labute approximate surface area is 207 Å². The highest BCUT2D eigenvalue weighted by atomic mass is 79.9. The molecule has 3 rings (SSSR count). The summed E-state index contributed by atoms with van der Waals surface area (Å²) in [6, 6.07) is 11.5. The van der Waals surface area contributed by atoms with Crippen LogP contribution < -0.4 is 4.74 Å². The molecule has 6 nitrogen and oxygen atoms in total. The topological polar surface area (TPSA) is 70.1 Å². The first kappa shape index (κ1) is 25.3. The van der Waals surface area contributed by atoms with Crippen molar-refractivity contribution in [1.82, 2.24) is 9.80 Å². The Bertz CT molecular complexity index is 1050. The number of likely N-dealkylation sites (N-methyl/N-ethyl adjacent to an activating group) is 1. The van der Waals surface area contributed by atoms with E-state index < -0.39 is 17.7 Å². The molecule has 1 N–H and O–H groups in total. The van der Waals surface area contributed by atoms with Crippen LogP contribution in [0.5, 0.6) is 5.75 Å².